The van der Waals surface area contributed by atoms with Crippen LogP contribution in [0.5, 0.6) is 0 Å². The second kappa shape index (κ2) is 8.13. The largest absolute Gasteiger partial charge is 0.457 e. The second-order valence-corrected chi connectivity index (χ2v) is 3.72. The van der Waals surface area contributed by atoms with Crippen molar-refractivity contribution in [1.29, 1.82) is 10.5 Å². The number of nitrogens with zero attached hydrogens (tertiary/aromatic N) is 2. The molecular weight excluding hydrogens is 216 g/mol. The maximum atomic E-state index is 11.7. The summed E-state index contributed by atoms with van der Waals surface area (Å²) in [5, 5.41) is 17.1. The number of allylic oxidation sites excluding steroid dienone is 2. The van der Waals surface area contributed by atoms with Gasteiger partial charge in [-0.25, -0.2) is 4.79 Å². The average molecular weight is 232 g/mol. The zero-order valence-electron chi connectivity index (χ0n) is 10.4. The Balaban J connectivity index is 4.66. The van der Waals surface area contributed by atoms with Crippen LogP contribution < -0.4 is 0 Å². The summed E-state index contributed by atoms with van der Waals surface area (Å²) in [6.45, 7) is 5.48. The van der Waals surface area contributed by atoms with Gasteiger partial charge in [-0.1, -0.05) is 11.6 Å². The molecule has 0 N–H and O–H groups in total. The van der Waals surface area contributed by atoms with Crippen LogP contribution in [0.1, 0.15) is 33.6 Å². The zero-order chi connectivity index (χ0) is 13.3. The number of rotatable bonds is 5. The Kier molecular flexibility index (Phi) is 7.14. The number of carbonyl (C=O) groups excluding carboxylic acids is 1. The van der Waals surface area contributed by atoms with E-state index in [0.717, 1.165) is 5.57 Å². The van der Waals surface area contributed by atoms with Gasteiger partial charge < -0.3 is 4.74 Å². The molecule has 0 heterocycles. The van der Waals surface area contributed by atoms with Crippen LogP contribution in [0.4, 0.5) is 0 Å². The summed E-state index contributed by atoms with van der Waals surface area (Å²) in [5.74, 6) is -0.496. The van der Waals surface area contributed by atoms with Crippen molar-refractivity contribution in [1.82, 2.24) is 0 Å². The third-order valence-corrected chi connectivity index (χ3v) is 1.90. The Morgan fingerprint density at radius 1 is 1.29 bits per heavy atom. The van der Waals surface area contributed by atoms with Gasteiger partial charge >= 0.3 is 5.97 Å². The van der Waals surface area contributed by atoms with E-state index in [9.17, 15) is 4.79 Å². The highest BCUT2D eigenvalue weighted by Crippen LogP contribution is 2.10. The molecule has 0 saturated carbocycles. The lowest BCUT2D eigenvalue weighted by atomic mass is 10.1. The SMILES string of the molecule is C/C=C(\C=C(C)C)C(=O)OC(CC#N)CC#N. The molecule has 0 radical (unpaired) electrons. The highest BCUT2D eigenvalue weighted by Gasteiger charge is 2.15. The van der Waals surface area contributed by atoms with Crippen LogP contribution in [-0.4, -0.2) is 12.1 Å². The van der Waals surface area contributed by atoms with Crippen LogP contribution in [0, 0.1) is 22.7 Å². The molecule has 4 heteroatoms. The number of ether oxygens (including phenoxy) is 1. The topological polar surface area (TPSA) is 73.9 Å². The molecule has 0 unspecified atom stereocenters. The third-order valence-electron chi connectivity index (χ3n) is 1.90. The minimum absolute atomic E-state index is 0.0329. The number of esters is 1. The van der Waals surface area contributed by atoms with Crippen LogP contribution in [0.2, 0.25) is 0 Å². The van der Waals surface area contributed by atoms with Gasteiger partial charge in [0.2, 0.25) is 0 Å². The fraction of sp³-hybridized carbons (Fsp3) is 0.462. The summed E-state index contributed by atoms with van der Waals surface area (Å²) in [7, 11) is 0. The van der Waals surface area contributed by atoms with E-state index < -0.39 is 12.1 Å². The molecule has 4 nitrogen and oxygen atoms in total. The van der Waals surface area contributed by atoms with Gasteiger partial charge in [-0.05, 0) is 26.8 Å². The average Bonchev–Trinajstić information content (AvgIpc) is 2.26. The van der Waals surface area contributed by atoms with Crippen LogP contribution >= 0.6 is 0 Å². The quantitative estimate of drug-likeness (QED) is 0.415. The van der Waals surface area contributed by atoms with E-state index in [1.165, 1.54) is 0 Å². The fourth-order valence-electron chi connectivity index (χ4n) is 1.15. The number of carbonyl (C=O) groups is 1. The van der Waals surface area contributed by atoms with E-state index >= 15 is 0 Å². The summed E-state index contributed by atoms with van der Waals surface area (Å²) in [5.41, 5.74) is 1.41. The van der Waals surface area contributed by atoms with Crippen LogP contribution in [0.15, 0.2) is 23.3 Å². The molecule has 0 atom stereocenters. The molecule has 0 aromatic heterocycles. The molecule has 0 aromatic carbocycles. The lowest BCUT2D eigenvalue weighted by molar-refractivity contribution is -0.143. The van der Waals surface area contributed by atoms with Crippen molar-refractivity contribution in [2.45, 2.75) is 39.7 Å². The minimum atomic E-state index is -0.655. The van der Waals surface area contributed by atoms with Gasteiger partial charge in [0.05, 0.1) is 30.6 Å². The maximum absolute atomic E-state index is 11.7. The summed E-state index contributed by atoms with van der Waals surface area (Å²) < 4.78 is 5.09. The van der Waals surface area contributed by atoms with Crippen molar-refractivity contribution in [2.24, 2.45) is 0 Å². The molecule has 0 aliphatic rings. The smallest absolute Gasteiger partial charge is 0.338 e. The second-order valence-electron chi connectivity index (χ2n) is 3.72. The van der Waals surface area contributed by atoms with Crippen LogP contribution in [0.25, 0.3) is 0 Å². The van der Waals surface area contributed by atoms with Crippen molar-refractivity contribution < 1.29 is 9.53 Å². The van der Waals surface area contributed by atoms with E-state index in [1.807, 2.05) is 26.0 Å². The Morgan fingerprint density at radius 2 is 1.82 bits per heavy atom. The number of hydrogen-bond donors (Lipinski definition) is 0. The van der Waals surface area contributed by atoms with Gasteiger partial charge in [0.25, 0.3) is 0 Å². The van der Waals surface area contributed by atoms with E-state index in [1.54, 1.807) is 19.1 Å². The minimum Gasteiger partial charge on any atom is -0.457 e. The highest BCUT2D eigenvalue weighted by molar-refractivity contribution is 5.91. The molecule has 0 rings (SSSR count). The van der Waals surface area contributed by atoms with Crippen molar-refractivity contribution >= 4 is 5.97 Å². The predicted molar refractivity (Wildman–Crippen MR) is 63.5 cm³/mol. The molecule has 0 amide bonds. The molecule has 0 spiro atoms. The first-order chi connectivity index (χ1) is 8.04. The van der Waals surface area contributed by atoms with E-state index in [2.05, 4.69) is 0 Å². The molecule has 17 heavy (non-hydrogen) atoms. The Bertz CT molecular complexity index is 388. The summed E-state index contributed by atoms with van der Waals surface area (Å²) in [6.07, 6.45) is 2.76. The molecule has 0 aromatic rings. The number of hydrogen-bond acceptors (Lipinski definition) is 4. The predicted octanol–water partition coefficient (Wildman–Crippen LogP) is 2.64. The number of nitriles is 2. The van der Waals surface area contributed by atoms with Crippen LogP contribution in [0.3, 0.4) is 0 Å². The highest BCUT2D eigenvalue weighted by atomic mass is 16.5. The van der Waals surface area contributed by atoms with Crippen molar-refractivity contribution in [3.05, 3.63) is 23.3 Å². The lowest BCUT2D eigenvalue weighted by Gasteiger charge is -2.12. The molecule has 0 fully saturated rings. The summed E-state index contributed by atoms with van der Waals surface area (Å²) >= 11 is 0. The van der Waals surface area contributed by atoms with Gasteiger partial charge in [-0.3, -0.25) is 0 Å². The van der Waals surface area contributed by atoms with Gasteiger partial charge in [0, 0.05) is 0 Å². The molecule has 0 bridgehead atoms. The Morgan fingerprint density at radius 3 is 2.18 bits per heavy atom. The maximum Gasteiger partial charge on any atom is 0.338 e. The Hall–Kier alpha value is -2.07. The molecular formula is C13H16N2O2. The first-order valence-electron chi connectivity index (χ1n) is 5.31. The standard InChI is InChI=1S/C13H16N2O2/c1-4-11(9-10(2)3)13(16)17-12(5-7-14)6-8-15/h4,9,12H,5-6H2,1-3H3/b11-4+. The van der Waals surface area contributed by atoms with E-state index in [4.69, 9.17) is 15.3 Å². The monoisotopic (exact) mass is 232 g/mol. The Labute approximate surface area is 102 Å². The van der Waals surface area contributed by atoms with E-state index in [0.29, 0.717) is 5.57 Å². The van der Waals surface area contributed by atoms with Crippen LogP contribution in [-0.2, 0) is 9.53 Å². The zero-order valence-corrected chi connectivity index (χ0v) is 10.4. The summed E-state index contributed by atoms with van der Waals surface area (Å²) in [6, 6.07) is 3.78. The van der Waals surface area contributed by atoms with E-state index in [-0.39, 0.29) is 12.8 Å². The van der Waals surface area contributed by atoms with Crippen molar-refractivity contribution in [3.8, 4) is 12.1 Å². The first kappa shape index (κ1) is 14.9. The fourth-order valence-corrected chi connectivity index (χ4v) is 1.15. The first-order valence-corrected chi connectivity index (χ1v) is 5.31. The molecule has 0 aliphatic heterocycles. The van der Waals surface area contributed by atoms with Crippen molar-refractivity contribution in [2.75, 3.05) is 0 Å². The van der Waals surface area contributed by atoms with Gasteiger partial charge in [0.15, 0.2) is 0 Å². The van der Waals surface area contributed by atoms with Crippen molar-refractivity contribution in [3.63, 3.8) is 0 Å². The summed E-state index contributed by atoms with van der Waals surface area (Å²) in [4.78, 5) is 11.7. The molecule has 0 saturated heterocycles. The van der Waals surface area contributed by atoms with Gasteiger partial charge in [0.1, 0.15) is 6.10 Å². The lowest BCUT2D eigenvalue weighted by Crippen LogP contribution is -2.18. The normalized spacial score (nSPS) is 10.4. The molecule has 90 valence electrons. The van der Waals surface area contributed by atoms with Gasteiger partial charge in [-0.15, -0.1) is 0 Å². The molecule has 0 aliphatic carbocycles. The van der Waals surface area contributed by atoms with Gasteiger partial charge in [-0.2, -0.15) is 10.5 Å². The third kappa shape index (κ3) is 6.17.